The maximum absolute atomic E-state index is 12.4. The summed E-state index contributed by atoms with van der Waals surface area (Å²) in [7, 11) is 0. The summed E-state index contributed by atoms with van der Waals surface area (Å²) in [4.78, 5) is 24.4. The van der Waals surface area contributed by atoms with E-state index in [0.29, 0.717) is 5.69 Å². The molecule has 3 atom stereocenters. The van der Waals surface area contributed by atoms with Gasteiger partial charge in [-0.1, -0.05) is 25.1 Å². The van der Waals surface area contributed by atoms with Crippen LogP contribution >= 0.6 is 0 Å². The molecule has 1 aromatic carbocycles. The van der Waals surface area contributed by atoms with Gasteiger partial charge in [0.05, 0.1) is 11.9 Å². The molecule has 7 nitrogen and oxygen atoms in total. The molecule has 23 heavy (non-hydrogen) atoms. The van der Waals surface area contributed by atoms with Crippen LogP contribution in [0.5, 0.6) is 0 Å². The van der Waals surface area contributed by atoms with Gasteiger partial charge in [-0.15, -0.1) is 0 Å². The van der Waals surface area contributed by atoms with E-state index in [0.717, 1.165) is 0 Å². The first-order chi connectivity index (χ1) is 11.1. The molecule has 1 aliphatic heterocycles. The Hall–Kier alpha value is -2.51. The van der Waals surface area contributed by atoms with E-state index in [9.17, 15) is 9.59 Å². The van der Waals surface area contributed by atoms with Gasteiger partial charge in [-0.25, -0.2) is 5.43 Å². The molecule has 0 aliphatic carbocycles. The van der Waals surface area contributed by atoms with Crippen LogP contribution in [0.1, 0.15) is 24.3 Å². The van der Waals surface area contributed by atoms with Gasteiger partial charge in [0.15, 0.2) is 0 Å². The van der Waals surface area contributed by atoms with Gasteiger partial charge in [0.2, 0.25) is 0 Å². The Morgan fingerprint density at radius 1 is 1.13 bits per heavy atom. The van der Waals surface area contributed by atoms with E-state index in [2.05, 4.69) is 21.3 Å². The molecule has 3 rings (SSSR count). The molecule has 0 bridgehead atoms. The minimum Gasteiger partial charge on any atom is -0.334 e. The topological polar surface area (TPSA) is 88.0 Å². The third-order valence-corrected chi connectivity index (χ3v) is 4.10. The van der Waals surface area contributed by atoms with Crippen molar-refractivity contribution < 1.29 is 4.79 Å². The van der Waals surface area contributed by atoms with Crippen molar-refractivity contribution in [2.24, 2.45) is 5.92 Å². The highest BCUT2D eigenvalue weighted by Crippen LogP contribution is 2.11. The predicted octanol–water partition coefficient (Wildman–Crippen LogP) is 0.421. The molecule has 0 saturated carbocycles. The lowest BCUT2D eigenvalue weighted by Crippen LogP contribution is -2.46. The Morgan fingerprint density at radius 2 is 1.87 bits per heavy atom. The van der Waals surface area contributed by atoms with Gasteiger partial charge >= 0.3 is 0 Å². The van der Waals surface area contributed by atoms with Crippen molar-refractivity contribution >= 4 is 5.91 Å². The van der Waals surface area contributed by atoms with E-state index in [1.165, 1.54) is 16.8 Å². The van der Waals surface area contributed by atoms with Crippen LogP contribution in [0.2, 0.25) is 0 Å². The van der Waals surface area contributed by atoms with Crippen LogP contribution in [-0.2, 0) is 0 Å². The lowest BCUT2D eigenvalue weighted by Gasteiger charge is -2.17. The second kappa shape index (κ2) is 6.31. The van der Waals surface area contributed by atoms with Crippen LogP contribution in [0, 0.1) is 5.92 Å². The van der Waals surface area contributed by atoms with Crippen LogP contribution in [0.15, 0.2) is 47.3 Å². The van der Waals surface area contributed by atoms with Crippen molar-refractivity contribution in [2.75, 3.05) is 0 Å². The third-order valence-electron chi connectivity index (χ3n) is 4.10. The summed E-state index contributed by atoms with van der Waals surface area (Å²) >= 11 is 0. The average molecular weight is 313 g/mol. The maximum atomic E-state index is 12.4. The van der Waals surface area contributed by atoms with Crippen molar-refractivity contribution in [3.8, 4) is 5.69 Å². The van der Waals surface area contributed by atoms with Crippen molar-refractivity contribution in [2.45, 2.75) is 26.1 Å². The molecule has 0 spiro atoms. The monoisotopic (exact) mass is 313 g/mol. The van der Waals surface area contributed by atoms with E-state index < -0.39 is 0 Å². The van der Waals surface area contributed by atoms with Crippen molar-refractivity contribution in [3.63, 3.8) is 0 Å². The molecule has 3 N–H and O–H groups in total. The Balaban J connectivity index is 1.83. The van der Waals surface area contributed by atoms with Crippen LogP contribution in [0.4, 0.5) is 0 Å². The van der Waals surface area contributed by atoms with Gasteiger partial charge in [-0.3, -0.25) is 15.0 Å². The first-order valence-corrected chi connectivity index (χ1v) is 7.54. The molecule has 7 heteroatoms. The van der Waals surface area contributed by atoms with Gasteiger partial charge in [-0.2, -0.15) is 9.78 Å². The Labute approximate surface area is 133 Å². The van der Waals surface area contributed by atoms with Gasteiger partial charge in [0.25, 0.3) is 11.5 Å². The summed E-state index contributed by atoms with van der Waals surface area (Å²) in [6.45, 7) is 4.08. The molecule has 2 aromatic rings. The Morgan fingerprint density at radius 3 is 2.52 bits per heavy atom. The number of hydrogen-bond acceptors (Lipinski definition) is 5. The standard InChI is InChI=1S/C16H19N5O2/c1-10-11(2)18-19-15(10)17-16(23)13-8-9-14(22)21(20-13)12-6-4-3-5-7-12/h3-11,15,18-19H,1-2H3,(H,17,23). The fourth-order valence-electron chi connectivity index (χ4n) is 2.44. The molecule has 1 saturated heterocycles. The Kier molecular flexibility index (Phi) is 4.22. The van der Waals surface area contributed by atoms with Crippen LogP contribution in [-0.4, -0.2) is 27.9 Å². The normalized spacial score (nSPS) is 23.7. The van der Waals surface area contributed by atoms with Gasteiger partial charge in [-0.05, 0) is 25.1 Å². The van der Waals surface area contributed by atoms with Crippen LogP contribution < -0.4 is 21.7 Å². The van der Waals surface area contributed by atoms with Gasteiger partial charge in [0.1, 0.15) is 5.69 Å². The fourth-order valence-corrected chi connectivity index (χ4v) is 2.44. The number of para-hydroxylation sites is 1. The molecule has 3 unspecified atom stereocenters. The lowest BCUT2D eigenvalue weighted by molar-refractivity contribution is 0.0916. The molecule has 120 valence electrons. The number of rotatable bonds is 3. The molecular formula is C16H19N5O2. The largest absolute Gasteiger partial charge is 0.334 e. The van der Waals surface area contributed by atoms with Gasteiger partial charge < -0.3 is 5.32 Å². The summed E-state index contributed by atoms with van der Waals surface area (Å²) in [5, 5.41) is 7.06. The summed E-state index contributed by atoms with van der Waals surface area (Å²) < 4.78 is 1.22. The molecule has 1 fully saturated rings. The van der Waals surface area contributed by atoms with Crippen molar-refractivity contribution in [1.82, 2.24) is 25.9 Å². The molecule has 0 radical (unpaired) electrons. The van der Waals surface area contributed by atoms with Crippen LogP contribution in [0.3, 0.4) is 0 Å². The Bertz CT molecular complexity index is 759. The summed E-state index contributed by atoms with van der Waals surface area (Å²) in [5.74, 6) is -0.0890. The number of aromatic nitrogens is 2. The first-order valence-electron chi connectivity index (χ1n) is 7.54. The van der Waals surface area contributed by atoms with E-state index in [4.69, 9.17) is 0 Å². The number of nitrogens with zero attached hydrogens (tertiary/aromatic N) is 2. The average Bonchev–Trinajstić information content (AvgIpc) is 2.88. The van der Waals surface area contributed by atoms with E-state index in [1.54, 1.807) is 12.1 Å². The predicted molar refractivity (Wildman–Crippen MR) is 86.0 cm³/mol. The highest BCUT2D eigenvalue weighted by Gasteiger charge is 2.30. The lowest BCUT2D eigenvalue weighted by atomic mass is 10.0. The number of carbonyl (C=O) groups excluding carboxylic acids is 1. The highest BCUT2D eigenvalue weighted by molar-refractivity contribution is 5.92. The molecule has 1 aliphatic rings. The number of hydrazine groups is 1. The van der Waals surface area contributed by atoms with E-state index >= 15 is 0 Å². The minimum absolute atomic E-state index is 0.184. The van der Waals surface area contributed by atoms with Crippen molar-refractivity contribution in [3.05, 3.63) is 58.5 Å². The fraction of sp³-hybridized carbons (Fsp3) is 0.312. The highest BCUT2D eigenvalue weighted by atomic mass is 16.2. The number of amides is 1. The van der Waals surface area contributed by atoms with Gasteiger partial charge in [0, 0.05) is 18.0 Å². The molecule has 1 aromatic heterocycles. The van der Waals surface area contributed by atoms with Crippen LogP contribution in [0.25, 0.3) is 5.69 Å². The molecular weight excluding hydrogens is 294 g/mol. The first kappa shape index (κ1) is 15.4. The number of carbonyl (C=O) groups is 1. The quantitative estimate of drug-likeness (QED) is 0.764. The number of benzene rings is 1. The maximum Gasteiger partial charge on any atom is 0.273 e. The van der Waals surface area contributed by atoms with Crippen molar-refractivity contribution in [1.29, 1.82) is 0 Å². The van der Waals surface area contributed by atoms with E-state index in [-0.39, 0.29) is 35.3 Å². The molecule has 2 heterocycles. The summed E-state index contributed by atoms with van der Waals surface area (Å²) in [6, 6.07) is 12.1. The zero-order chi connectivity index (χ0) is 16.4. The second-order valence-electron chi connectivity index (χ2n) is 5.69. The number of hydrogen-bond donors (Lipinski definition) is 3. The SMILES string of the molecule is CC1NNC(NC(=O)c2ccc(=O)n(-c3ccccc3)n2)C1C. The number of nitrogens with one attached hydrogen (secondary N) is 3. The third kappa shape index (κ3) is 3.15. The molecule has 1 amide bonds. The zero-order valence-electron chi connectivity index (χ0n) is 13.0. The summed E-state index contributed by atoms with van der Waals surface area (Å²) in [5.41, 5.74) is 6.65. The van der Waals surface area contributed by atoms with E-state index in [1.807, 2.05) is 32.0 Å². The zero-order valence-corrected chi connectivity index (χ0v) is 13.0. The smallest absolute Gasteiger partial charge is 0.273 e. The summed E-state index contributed by atoms with van der Waals surface area (Å²) in [6.07, 6.45) is -0.184. The minimum atomic E-state index is -0.324. The second-order valence-corrected chi connectivity index (χ2v) is 5.69.